The average molecular weight is 374 g/mol. The first-order valence-corrected chi connectivity index (χ1v) is 9.53. The van der Waals surface area contributed by atoms with Gasteiger partial charge in [-0.2, -0.15) is 4.31 Å². The van der Waals surface area contributed by atoms with Crippen LogP contribution in [0.25, 0.3) is 0 Å². The Morgan fingerprint density at radius 2 is 1.35 bits per heavy atom. The number of rotatable bonds is 4. The zero-order valence-electron chi connectivity index (χ0n) is 13.9. The monoisotopic (exact) mass is 374 g/mol. The van der Waals surface area contributed by atoms with E-state index >= 15 is 0 Å². The van der Waals surface area contributed by atoms with Crippen molar-refractivity contribution in [2.75, 3.05) is 13.1 Å². The molecule has 8 nitrogen and oxygen atoms in total. The number of amides is 2. The van der Waals surface area contributed by atoms with Crippen molar-refractivity contribution in [3.05, 3.63) is 59.9 Å². The van der Waals surface area contributed by atoms with Crippen LogP contribution >= 0.6 is 0 Å². The number of nitrogens with one attached hydrogen (secondary N) is 2. The molecule has 0 radical (unpaired) electrons. The molecule has 2 heterocycles. The van der Waals surface area contributed by atoms with Crippen molar-refractivity contribution in [1.82, 2.24) is 20.1 Å². The van der Waals surface area contributed by atoms with E-state index in [0.717, 1.165) is 12.8 Å². The van der Waals surface area contributed by atoms with Crippen molar-refractivity contribution < 1.29 is 18.0 Å². The first-order chi connectivity index (χ1) is 12.5. The lowest BCUT2D eigenvalue weighted by Crippen LogP contribution is -2.41. The Bertz CT molecular complexity index is 892. The minimum Gasteiger partial charge on any atom is -0.267 e. The van der Waals surface area contributed by atoms with Crippen LogP contribution in [0, 0.1) is 0 Å². The maximum atomic E-state index is 12.5. The maximum Gasteiger partial charge on any atom is 0.269 e. The molecule has 1 aliphatic rings. The third-order valence-electron chi connectivity index (χ3n) is 4.05. The lowest BCUT2D eigenvalue weighted by molar-refractivity contribution is 0.0846. The highest BCUT2D eigenvalue weighted by atomic mass is 32.2. The molecule has 1 aromatic carbocycles. The largest absolute Gasteiger partial charge is 0.269 e. The van der Waals surface area contributed by atoms with Crippen LogP contribution in [0.3, 0.4) is 0 Å². The van der Waals surface area contributed by atoms with E-state index in [1.807, 2.05) is 0 Å². The Morgan fingerprint density at radius 1 is 0.846 bits per heavy atom. The Kier molecular flexibility index (Phi) is 5.29. The molecule has 0 spiro atoms. The van der Waals surface area contributed by atoms with Crippen molar-refractivity contribution >= 4 is 21.8 Å². The Hall–Kier alpha value is -2.78. The van der Waals surface area contributed by atoms with Crippen LogP contribution in [-0.4, -0.2) is 42.6 Å². The summed E-state index contributed by atoms with van der Waals surface area (Å²) in [5.74, 6) is -1.02. The van der Waals surface area contributed by atoms with Crippen LogP contribution in [0.2, 0.25) is 0 Å². The third-order valence-corrected chi connectivity index (χ3v) is 5.96. The minimum atomic E-state index is -3.52. The first-order valence-electron chi connectivity index (χ1n) is 8.09. The van der Waals surface area contributed by atoms with Gasteiger partial charge in [0.1, 0.15) is 0 Å². The molecule has 9 heteroatoms. The van der Waals surface area contributed by atoms with Crippen LogP contribution < -0.4 is 10.9 Å². The molecule has 3 rings (SSSR count). The molecule has 2 amide bonds. The predicted octanol–water partition coefficient (Wildman–Crippen LogP) is 0.941. The van der Waals surface area contributed by atoms with Gasteiger partial charge in [0.2, 0.25) is 10.0 Å². The van der Waals surface area contributed by atoms with Gasteiger partial charge in [-0.1, -0.05) is 0 Å². The van der Waals surface area contributed by atoms with Crippen molar-refractivity contribution in [2.45, 2.75) is 17.7 Å². The fraction of sp³-hybridized carbons (Fsp3) is 0.235. The van der Waals surface area contributed by atoms with Crippen molar-refractivity contribution in [3.63, 3.8) is 0 Å². The summed E-state index contributed by atoms with van der Waals surface area (Å²) in [5, 5.41) is 0. The zero-order chi connectivity index (χ0) is 18.6. The summed E-state index contributed by atoms with van der Waals surface area (Å²) in [5.41, 5.74) is 5.18. The Labute approximate surface area is 151 Å². The van der Waals surface area contributed by atoms with Gasteiger partial charge in [-0.05, 0) is 49.2 Å². The highest BCUT2D eigenvalue weighted by molar-refractivity contribution is 7.89. The number of benzene rings is 1. The molecule has 2 aromatic rings. The normalized spacial score (nSPS) is 14.8. The maximum absolute atomic E-state index is 12.5. The van der Waals surface area contributed by atoms with Crippen molar-refractivity contribution in [3.8, 4) is 0 Å². The molecule has 26 heavy (non-hydrogen) atoms. The topological polar surface area (TPSA) is 108 Å². The fourth-order valence-corrected chi connectivity index (χ4v) is 4.13. The second kappa shape index (κ2) is 7.63. The van der Waals surface area contributed by atoms with Gasteiger partial charge in [-0.3, -0.25) is 25.4 Å². The van der Waals surface area contributed by atoms with Gasteiger partial charge in [-0.15, -0.1) is 0 Å². The number of pyridine rings is 1. The van der Waals surface area contributed by atoms with Crippen LogP contribution in [-0.2, 0) is 10.0 Å². The molecule has 0 unspecified atom stereocenters. The quantitative estimate of drug-likeness (QED) is 0.775. The minimum absolute atomic E-state index is 0.150. The van der Waals surface area contributed by atoms with Gasteiger partial charge in [0.25, 0.3) is 11.8 Å². The van der Waals surface area contributed by atoms with Crippen molar-refractivity contribution in [1.29, 1.82) is 0 Å². The van der Waals surface area contributed by atoms with Crippen LogP contribution in [0.1, 0.15) is 33.6 Å². The Balaban J connectivity index is 1.63. The van der Waals surface area contributed by atoms with Gasteiger partial charge in [-0.25, -0.2) is 8.42 Å². The number of carbonyl (C=O) groups excluding carboxylic acids is 2. The van der Waals surface area contributed by atoms with E-state index in [9.17, 15) is 18.0 Å². The summed E-state index contributed by atoms with van der Waals surface area (Å²) in [7, 11) is -3.52. The SMILES string of the molecule is O=C(NNC(=O)c1ccc(S(=O)(=O)N2CCCC2)cc1)c1ccncc1. The number of hydrogen-bond acceptors (Lipinski definition) is 5. The average Bonchev–Trinajstić information content (AvgIpc) is 3.22. The van der Waals surface area contributed by atoms with E-state index in [2.05, 4.69) is 15.8 Å². The third kappa shape index (κ3) is 3.89. The van der Waals surface area contributed by atoms with E-state index in [0.29, 0.717) is 18.7 Å². The summed E-state index contributed by atoms with van der Waals surface area (Å²) >= 11 is 0. The van der Waals surface area contributed by atoms with E-state index < -0.39 is 21.8 Å². The predicted molar refractivity (Wildman–Crippen MR) is 93.6 cm³/mol. The second-order valence-corrected chi connectivity index (χ2v) is 7.72. The lowest BCUT2D eigenvalue weighted by Gasteiger charge is -2.15. The summed E-state index contributed by atoms with van der Waals surface area (Å²) < 4.78 is 26.3. The van der Waals surface area contributed by atoms with Gasteiger partial charge in [0.05, 0.1) is 4.90 Å². The molecule has 1 aromatic heterocycles. The van der Waals surface area contributed by atoms with Gasteiger partial charge in [0.15, 0.2) is 0 Å². The number of hydrogen-bond donors (Lipinski definition) is 2. The number of nitrogens with zero attached hydrogens (tertiary/aromatic N) is 2. The molecule has 1 saturated heterocycles. The van der Waals surface area contributed by atoms with Crippen molar-refractivity contribution in [2.24, 2.45) is 0 Å². The molecule has 2 N–H and O–H groups in total. The van der Waals surface area contributed by atoms with Gasteiger partial charge >= 0.3 is 0 Å². The second-order valence-electron chi connectivity index (χ2n) is 5.78. The van der Waals surface area contributed by atoms with Gasteiger partial charge < -0.3 is 0 Å². The molecule has 1 aliphatic heterocycles. The number of carbonyl (C=O) groups is 2. The van der Waals surface area contributed by atoms with Gasteiger partial charge in [0, 0.05) is 36.6 Å². The number of aromatic nitrogens is 1. The molecule has 136 valence electrons. The first kappa shape index (κ1) is 18.0. The highest BCUT2D eigenvalue weighted by Gasteiger charge is 2.27. The van der Waals surface area contributed by atoms with Crippen LogP contribution in [0.4, 0.5) is 0 Å². The molecular formula is C17H18N4O4S. The molecule has 0 aliphatic carbocycles. The summed E-state index contributed by atoms with van der Waals surface area (Å²) in [6, 6.07) is 8.65. The molecule has 0 bridgehead atoms. The lowest BCUT2D eigenvalue weighted by atomic mass is 10.2. The van der Waals surface area contributed by atoms with E-state index in [-0.39, 0.29) is 10.5 Å². The Morgan fingerprint density at radius 3 is 1.88 bits per heavy atom. The number of sulfonamides is 1. The fourth-order valence-electron chi connectivity index (χ4n) is 2.62. The molecular weight excluding hydrogens is 356 g/mol. The summed E-state index contributed by atoms with van der Waals surface area (Å²) in [6.07, 6.45) is 4.65. The number of hydrazine groups is 1. The van der Waals surface area contributed by atoms with E-state index in [1.54, 1.807) is 0 Å². The van der Waals surface area contributed by atoms with Crippen LogP contribution in [0.15, 0.2) is 53.7 Å². The molecule has 1 fully saturated rings. The molecule has 0 atom stereocenters. The van der Waals surface area contributed by atoms with E-state index in [1.165, 1.54) is 53.1 Å². The summed E-state index contributed by atoms with van der Waals surface area (Å²) in [4.78, 5) is 27.9. The standard InChI is InChI=1S/C17H18N4O4S/c22-16(19-20-17(23)14-7-9-18-10-8-14)13-3-5-15(6-4-13)26(24,25)21-11-1-2-12-21/h3-10H,1-2,11-12H2,(H,19,22)(H,20,23). The zero-order valence-corrected chi connectivity index (χ0v) is 14.7. The summed E-state index contributed by atoms with van der Waals surface area (Å²) in [6.45, 7) is 1.04. The smallest absolute Gasteiger partial charge is 0.267 e. The highest BCUT2D eigenvalue weighted by Crippen LogP contribution is 2.21. The molecule has 0 saturated carbocycles. The van der Waals surface area contributed by atoms with E-state index in [4.69, 9.17) is 0 Å². The van der Waals surface area contributed by atoms with Crippen LogP contribution in [0.5, 0.6) is 0 Å².